The van der Waals surface area contributed by atoms with Crippen LogP contribution in [0.25, 0.3) is 0 Å². The minimum absolute atomic E-state index is 0.0147. The van der Waals surface area contributed by atoms with Crippen molar-refractivity contribution < 1.29 is 48.2 Å². The third-order valence-corrected chi connectivity index (χ3v) is 8.96. The maximum Gasteiger partial charge on any atom is 0.314 e. The van der Waals surface area contributed by atoms with Crippen molar-refractivity contribution in [1.29, 1.82) is 0 Å². The van der Waals surface area contributed by atoms with Gasteiger partial charge in [-0.15, -0.1) is 12.3 Å². The number of rotatable bonds is 10. The lowest BCUT2D eigenvalue weighted by atomic mass is 9.81. The Morgan fingerprint density at radius 1 is 1.14 bits per heavy atom. The van der Waals surface area contributed by atoms with Gasteiger partial charge in [0.1, 0.15) is 30.3 Å². The summed E-state index contributed by atoms with van der Waals surface area (Å²) in [5, 5.41) is 22.5. The summed E-state index contributed by atoms with van der Waals surface area (Å²) in [4.78, 5) is 13.5. The van der Waals surface area contributed by atoms with E-state index in [1.807, 2.05) is 44.2 Å². The monoisotopic (exact) mass is 620 g/mol. The summed E-state index contributed by atoms with van der Waals surface area (Å²) in [5.74, 6) is -1.08. The first-order valence-electron chi connectivity index (χ1n) is 15.6. The zero-order valence-electron chi connectivity index (χ0n) is 27.2. The van der Waals surface area contributed by atoms with Crippen LogP contribution in [0.3, 0.4) is 0 Å². The van der Waals surface area contributed by atoms with E-state index < -0.39 is 66.7 Å². The van der Waals surface area contributed by atoms with E-state index in [2.05, 4.69) is 5.92 Å². The second-order valence-electron chi connectivity index (χ2n) is 12.2. The number of carbonyl (C=O) groups is 1. The number of ether oxygens (including phenoxy) is 7. The number of unbranched alkanes of at least 4 members (excludes halogenated alkanes) is 2. The zero-order valence-corrected chi connectivity index (χ0v) is 27.2. The highest BCUT2D eigenvalue weighted by Gasteiger charge is 2.53. The molecule has 0 aromatic rings. The predicted octanol–water partition coefficient (Wildman–Crippen LogP) is 3.84. The Morgan fingerprint density at radius 3 is 2.52 bits per heavy atom. The van der Waals surface area contributed by atoms with Crippen molar-refractivity contribution in [1.82, 2.24) is 0 Å². The highest BCUT2D eigenvalue weighted by molar-refractivity contribution is 5.73. The summed E-state index contributed by atoms with van der Waals surface area (Å²) >= 11 is 0. The molecule has 44 heavy (non-hydrogen) atoms. The van der Waals surface area contributed by atoms with E-state index in [9.17, 15) is 15.0 Å². The molecule has 0 unspecified atom stereocenters. The van der Waals surface area contributed by atoms with Gasteiger partial charge < -0.3 is 43.4 Å². The average Bonchev–Trinajstić information content (AvgIpc) is 2.99. The molecule has 10 heteroatoms. The number of fused-ring (bicyclic) bond motifs is 2. The number of carbonyl (C=O) groups excluding carboxylic acids is 1. The first-order chi connectivity index (χ1) is 21.0. The van der Waals surface area contributed by atoms with E-state index in [1.165, 1.54) is 14.2 Å². The fourth-order valence-corrected chi connectivity index (χ4v) is 6.06. The number of terminal acetylenes is 1. The largest absolute Gasteiger partial charge is 0.457 e. The molecular formula is C34H52O10. The van der Waals surface area contributed by atoms with Crippen molar-refractivity contribution >= 4 is 5.97 Å². The van der Waals surface area contributed by atoms with Crippen molar-refractivity contribution in [3.8, 4) is 12.3 Å². The summed E-state index contributed by atoms with van der Waals surface area (Å²) in [6, 6.07) is 0. The third kappa shape index (κ3) is 9.24. The van der Waals surface area contributed by atoms with E-state index in [0.29, 0.717) is 12.8 Å². The van der Waals surface area contributed by atoms with Gasteiger partial charge in [0.2, 0.25) is 0 Å². The molecule has 248 valence electrons. The fraction of sp³-hybridized carbons (Fsp3) is 0.735. The van der Waals surface area contributed by atoms with Crippen LogP contribution >= 0.6 is 0 Å². The summed E-state index contributed by atoms with van der Waals surface area (Å²) in [7, 11) is 4.63. The molecule has 0 aromatic carbocycles. The van der Waals surface area contributed by atoms with Gasteiger partial charge >= 0.3 is 5.97 Å². The number of cyclic esters (lactones) is 1. The van der Waals surface area contributed by atoms with E-state index in [1.54, 1.807) is 21.0 Å². The summed E-state index contributed by atoms with van der Waals surface area (Å²) in [6.07, 6.45) is 12.6. The Morgan fingerprint density at radius 2 is 1.86 bits per heavy atom. The first-order valence-corrected chi connectivity index (χ1v) is 15.6. The van der Waals surface area contributed by atoms with Crippen LogP contribution in [0, 0.1) is 24.2 Å². The number of aliphatic hydroxyl groups is 2. The van der Waals surface area contributed by atoms with Crippen LogP contribution in [-0.2, 0) is 38.0 Å². The number of esters is 1. The molecule has 12 atom stereocenters. The Bertz CT molecular complexity index is 1050. The molecule has 2 bridgehead atoms. The van der Waals surface area contributed by atoms with Gasteiger partial charge in [0.25, 0.3) is 0 Å². The molecule has 3 heterocycles. The Balaban J connectivity index is 1.88. The van der Waals surface area contributed by atoms with Gasteiger partial charge in [-0.25, -0.2) is 0 Å². The molecule has 0 aromatic heterocycles. The van der Waals surface area contributed by atoms with Crippen molar-refractivity contribution in [2.45, 2.75) is 127 Å². The van der Waals surface area contributed by atoms with Crippen molar-refractivity contribution in [2.75, 3.05) is 21.3 Å². The molecule has 2 fully saturated rings. The van der Waals surface area contributed by atoms with Gasteiger partial charge in [-0.3, -0.25) is 4.79 Å². The molecule has 0 spiro atoms. The minimum atomic E-state index is -1.89. The van der Waals surface area contributed by atoms with Crippen LogP contribution in [-0.4, -0.2) is 98.4 Å². The summed E-state index contributed by atoms with van der Waals surface area (Å²) in [6.45, 7) is 7.30. The molecule has 0 radical (unpaired) electrons. The van der Waals surface area contributed by atoms with Crippen LogP contribution in [0.2, 0.25) is 0 Å². The van der Waals surface area contributed by atoms with Crippen LogP contribution in [0.4, 0.5) is 0 Å². The number of allylic oxidation sites excluding steroid dienone is 3. The molecule has 3 aliphatic rings. The van der Waals surface area contributed by atoms with Crippen molar-refractivity contribution in [2.24, 2.45) is 11.8 Å². The molecule has 2 N–H and O–H groups in total. The number of hydrogen-bond donors (Lipinski definition) is 2. The second-order valence-corrected chi connectivity index (χ2v) is 12.2. The SMILES string of the molecule is C#CCCC/C=C/C=C/[C@@H]1C/C(C)=C/[C@@H](OC)C[C@@H]2O[C@@](O)(C[C@H](O[C@@H]3O[C@@H](C)[C@H](O)[C@@H](OC)[C@H]3OC)[C@@H]2C)[C@H](C)C(=O)O1. The Labute approximate surface area is 262 Å². The maximum atomic E-state index is 13.5. The maximum absolute atomic E-state index is 13.5. The van der Waals surface area contributed by atoms with Gasteiger partial charge in [0.05, 0.1) is 24.4 Å². The lowest BCUT2D eigenvalue weighted by Gasteiger charge is -2.50. The van der Waals surface area contributed by atoms with E-state index in [0.717, 1.165) is 24.8 Å². The number of aliphatic hydroxyl groups excluding tert-OH is 1. The molecule has 0 saturated carbocycles. The number of methoxy groups -OCH3 is 3. The zero-order chi connectivity index (χ0) is 32.4. The second kappa shape index (κ2) is 17.0. The highest BCUT2D eigenvalue weighted by atomic mass is 16.7. The Hall–Kier alpha value is -2.07. The molecular weight excluding hydrogens is 568 g/mol. The fourth-order valence-electron chi connectivity index (χ4n) is 6.06. The molecule has 3 aliphatic heterocycles. The van der Waals surface area contributed by atoms with E-state index in [4.69, 9.17) is 39.6 Å². The summed E-state index contributed by atoms with van der Waals surface area (Å²) in [5.41, 5.74) is 0.994. The predicted molar refractivity (Wildman–Crippen MR) is 164 cm³/mol. The smallest absolute Gasteiger partial charge is 0.314 e. The highest BCUT2D eigenvalue weighted by Crippen LogP contribution is 2.42. The van der Waals surface area contributed by atoms with Gasteiger partial charge in [-0.05, 0) is 39.7 Å². The number of hydrogen-bond acceptors (Lipinski definition) is 10. The normalized spacial score (nSPS) is 41.8. The summed E-state index contributed by atoms with van der Waals surface area (Å²) < 4.78 is 41.8. The van der Waals surface area contributed by atoms with Crippen LogP contribution in [0.15, 0.2) is 36.0 Å². The van der Waals surface area contributed by atoms with Gasteiger partial charge in [0, 0.05) is 52.9 Å². The van der Waals surface area contributed by atoms with Gasteiger partial charge in [-0.1, -0.05) is 36.8 Å². The molecule has 2 saturated heterocycles. The van der Waals surface area contributed by atoms with Gasteiger partial charge in [0.15, 0.2) is 12.1 Å². The molecule has 0 aliphatic carbocycles. The van der Waals surface area contributed by atoms with Crippen LogP contribution in [0.1, 0.15) is 66.2 Å². The van der Waals surface area contributed by atoms with E-state index >= 15 is 0 Å². The molecule has 0 amide bonds. The van der Waals surface area contributed by atoms with Crippen LogP contribution < -0.4 is 0 Å². The van der Waals surface area contributed by atoms with Crippen LogP contribution in [0.5, 0.6) is 0 Å². The van der Waals surface area contributed by atoms with E-state index in [-0.39, 0.29) is 18.4 Å². The lowest BCUT2D eigenvalue weighted by molar-refractivity contribution is -0.354. The lowest BCUT2D eigenvalue weighted by Crippen LogP contribution is -2.62. The third-order valence-electron chi connectivity index (χ3n) is 8.96. The van der Waals surface area contributed by atoms with Crippen molar-refractivity contribution in [3.63, 3.8) is 0 Å². The standard InChI is InChI=1S/C34H52O10/c1-9-10-11-12-13-14-15-16-25-17-21(2)18-26(38-6)19-27-22(3)28(20-34(37,44-27)23(4)32(36)42-25)43-33-31(40-8)30(39-7)29(35)24(5)41-33/h1,13-16,18,22-31,33,35,37H,10-12,17,19-20H2,2-8H3/b14-13+,16-15+,21-18+/t22-,23-,24+,25-,26-,27+,28+,29+,30-,31-,33+,34+/m1/s1. The Kier molecular flexibility index (Phi) is 14.1. The van der Waals surface area contributed by atoms with Gasteiger partial charge in [-0.2, -0.15) is 0 Å². The van der Waals surface area contributed by atoms with Crippen molar-refractivity contribution in [3.05, 3.63) is 36.0 Å². The molecule has 3 rings (SSSR count). The average molecular weight is 621 g/mol. The topological polar surface area (TPSA) is 122 Å². The molecule has 10 nitrogen and oxygen atoms in total. The minimum Gasteiger partial charge on any atom is -0.457 e. The first kappa shape index (κ1) is 36.4. The quantitative estimate of drug-likeness (QED) is 0.123.